The minimum absolute atomic E-state index is 0.131. The molecule has 0 heterocycles. The van der Waals surface area contributed by atoms with E-state index in [2.05, 4.69) is 0 Å². The third-order valence-electron chi connectivity index (χ3n) is 3.02. The molecule has 1 fully saturated rings. The Labute approximate surface area is 86.1 Å². The second kappa shape index (κ2) is 3.23. The SMILES string of the molecule is NCC1(c2cccc(F)c2)CC(F)(F)C1. The summed E-state index contributed by atoms with van der Waals surface area (Å²) in [6.07, 6.45) is -0.556. The van der Waals surface area contributed by atoms with Gasteiger partial charge in [-0.15, -0.1) is 0 Å². The zero-order valence-electron chi connectivity index (χ0n) is 8.14. The van der Waals surface area contributed by atoms with E-state index < -0.39 is 17.2 Å². The highest BCUT2D eigenvalue weighted by molar-refractivity contribution is 5.31. The van der Waals surface area contributed by atoms with E-state index in [1.807, 2.05) is 0 Å². The Bertz CT molecular complexity index is 368. The zero-order valence-corrected chi connectivity index (χ0v) is 8.14. The predicted octanol–water partition coefficient (Wildman–Crippen LogP) is 2.45. The average molecular weight is 215 g/mol. The molecule has 82 valence electrons. The van der Waals surface area contributed by atoms with Crippen molar-refractivity contribution in [3.63, 3.8) is 0 Å². The molecular weight excluding hydrogens is 203 g/mol. The van der Waals surface area contributed by atoms with Crippen LogP contribution in [0.15, 0.2) is 24.3 Å². The van der Waals surface area contributed by atoms with Gasteiger partial charge in [0.05, 0.1) is 0 Å². The predicted molar refractivity (Wildman–Crippen MR) is 51.3 cm³/mol. The highest BCUT2D eigenvalue weighted by atomic mass is 19.3. The number of hydrogen-bond donors (Lipinski definition) is 1. The maximum absolute atomic E-state index is 13.0. The maximum atomic E-state index is 13.0. The van der Waals surface area contributed by atoms with Crippen molar-refractivity contribution >= 4 is 0 Å². The second-order valence-electron chi connectivity index (χ2n) is 4.20. The van der Waals surface area contributed by atoms with E-state index >= 15 is 0 Å². The molecule has 0 radical (unpaired) electrons. The van der Waals surface area contributed by atoms with E-state index in [1.165, 1.54) is 18.2 Å². The third kappa shape index (κ3) is 1.74. The summed E-state index contributed by atoms with van der Waals surface area (Å²) < 4.78 is 38.7. The van der Waals surface area contributed by atoms with Crippen LogP contribution in [0.3, 0.4) is 0 Å². The fraction of sp³-hybridized carbons (Fsp3) is 0.455. The van der Waals surface area contributed by atoms with E-state index in [1.54, 1.807) is 6.07 Å². The summed E-state index contributed by atoms with van der Waals surface area (Å²) in [6.45, 7) is 0.131. The molecule has 1 aliphatic rings. The Balaban J connectivity index is 2.29. The topological polar surface area (TPSA) is 26.0 Å². The first-order valence-corrected chi connectivity index (χ1v) is 4.81. The van der Waals surface area contributed by atoms with Gasteiger partial charge in [0.1, 0.15) is 5.82 Å². The van der Waals surface area contributed by atoms with Crippen molar-refractivity contribution in [1.82, 2.24) is 0 Å². The highest BCUT2D eigenvalue weighted by Crippen LogP contribution is 2.52. The van der Waals surface area contributed by atoms with Crippen LogP contribution in [0.4, 0.5) is 13.2 Å². The Morgan fingerprint density at radius 3 is 2.40 bits per heavy atom. The molecule has 2 rings (SSSR count). The number of benzene rings is 1. The van der Waals surface area contributed by atoms with Crippen molar-refractivity contribution in [2.45, 2.75) is 24.2 Å². The fourth-order valence-corrected chi connectivity index (χ4v) is 2.22. The van der Waals surface area contributed by atoms with Crippen molar-refractivity contribution in [3.8, 4) is 0 Å². The first-order valence-electron chi connectivity index (χ1n) is 4.81. The Morgan fingerprint density at radius 1 is 1.27 bits per heavy atom. The van der Waals surface area contributed by atoms with Crippen molar-refractivity contribution in [3.05, 3.63) is 35.6 Å². The molecule has 0 unspecified atom stereocenters. The number of halogens is 3. The van der Waals surface area contributed by atoms with Gasteiger partial charge in [-0.1, -0.05) is 12.1 Å². The van der Waals surface area contributed by atoms with E-state index in [4.69, 9.17) is 5.73 Å². The Kier molecular flexibility index (Phi) is 2.26. The fourth-order valence-electron chi connectivity index (χ4n) is 2.22. The van der Waals surface area contributed by atoms with Crippen LogP contribution in [0, 0.1) is 5.82 Å². The van der Waals surface area contributed by atoms with Gasteiger partial charge in [0, 0.05) is 24.8 Å². The lowest BCUT2D eigenvalue weighted by Crippen LogP contribution is -2.53. The van der Waals surface area contributed by atoms with Crippen LogP contribution < -0.4 is 5.73 Å². The highest BCUT2D eigenvalue weighted by Gasteiger charge is 2.56. The van der Waals surface area contributed by atoms with Gasteiger partial charge in [0.2, 0.25) is 5.92 Å². The average Bonchev–Trinajstić information content (AvgIpc) is 2.13. The van der Waals surface area contributed by atoms with Crippen LogP contribution in [0.25, 0.3) is 0 Å². The Hall–Kier alpha value is -1.03. The largest absolute Gasteiger partial charge is 0.330 e. The summed E-state index contributed by atoms with van der Waals surface area (Å²) in [5.41, 5.74) is 5.37. The molecule has 0 spiro atoms. The third-order valence-corrected chi connectivity index (χ3v) is 3.02. The summed E-state index contributed by atoms with van der Waals surface area (Å²) in [4.78, 5) is 0. The van der Waals surface area contributed by atoms with Crippen molar-refractivity contribution in [2.24, 2.45) is 5.73 Å². The molecule has 1 aromatic carbocycles. The van der Waals surface area contributed by atoms with E-state index in [9.17, 15) is 13.2 Å². The van der Waals surface area contributed by atoms with Gasteiger partial charge < -0.3 is 5.73 Å². The van der Waals surface area contributed by atoms with Gasteiger partial charge >= 0.3 is 0 Å². The summed E-state index contributed by atoms with van der Waals surface area (Å²) in [5, 5.41) is 0. The standard InChI is InChI=1S/C11H12F3N/c12-9-3-1-2-8(4-9)10(7-15)5-11(13,14)6-10/h1-4H,5-7,15H2. The molecular formula is C11H12F3N. The van der Waals surface area contributed by atoms with E-state index in [-0.39, 0.29) is 19.4 Å². The normalized spacial score (nSPS) is 22.1. The van der Waals surface area contributed by atoms with E-state index in [0.29, 0.717) is 5.56 Å². The van der Waals surface area contributed by atoms with Crippen molar-refractivity contribution in [1.29, 1.82) is 0 Å². The smallest absolute Gasteiger partial charge is 0.250 e. The number of nitrogens with two attached hydrogens (primary N) is 1. The van der Waals surface area contributed by atoms with Crippen LogP contribution >= 0.6 is 0 Å². The lowest BCUT2D eigenvalue weighted by Gasteiger charge is -2.47. The molecule has 0 atom stereocenters. The maximum Gasteiger partial charge on any atom is 0.250 e. The summed E-state index contributed by atoms with van der Waals surface area (Å²) >= 11 is 0. The van der Waals surface area contributed by atoms with Crippen LogP contribution in [0.1, 0.15) is 18.4 Å². The van der Waals surface area contributed by atoms with Gasteiger partial charge in [-0.25, -0.2) is 13.2 Å². The summed E-state index contributed by atoms with van der Waals surface area (Å²) in [7, 11) is 0. The molecule has 0 aliphatic heterocycles. The van der Waals surface area contributed by atoms with Gasteiger partial charge in [-0.2, -0.15) is 0 Å². The number of rotatable bonds is 2. The van der Waals surface area contributed by atoms with Gasteiger partial charge in [0.15, 0.2) is 0 Å². The van der Waals surface area contributed by atoms with Gasteiger partial charge in [0.25, 0.3) is 0 Å². The molecule has 1 nitrogen and oxygen atoms in total. The van der Waals surface area contributed by atoms with Crippen LogP contribution in [-0.4, -0.2) is 12.5 Å². The lowest BCUT2D eigenvalue weighted by atomic mass is 9.62. The molecule has 1 saturated carbocycles. The van der Waals surface area contributed by atoms with E-state index in [0.717, 1.165) is 0 Å². The van der Waals surface area contributed by atoms with Crippen LogP contribution in [-0.2, 0) is 5.41 Å². The Morgan fingerprint density at radius 2 is 1.93 bits per heavy atom. The molecule has 15 heavy (non-hydrogen) atoms. The van der Waals surface area contributed by atoms with Crippen LogP contribution in [0.5, 0.6) is 0 Å². The first-order chi connectivity index (χ1) is 6.97. The monoisotopic (exact) mass is 215 g/mol. The summed E-state index contributed by atoms with van der Waals surface area (Å²) in [6, 6.07) is 5.77. The molecule has 1 aliphatic carbocycles. The second-order valence-corrected chi connectivity index (χ2v) is 4.20. The zero-order chi connectivity index (χ0) is 11.1. The summed E-state index contributed by atoms with van der Waals surface area (Å²) in [5.74, 6) is -3.05. The molecule has 1 aromatic rings. The number of hydrogen-bond acceptors (Lipinski definition) is 1. The molecule has 2 N–H and O–H groups in total. The van der Waals surface area contributed by atoms with Gasteiger partial charge in [-0.3, -0.25) is 0 Å². The number of alkyl halides is 2. The minimum Gasteiger partial charge on any atom is -0.330 e. The van der Waals surface area contributed by atoms with Crippen LogP contribution in [0.2, 0.25) is 0 Å². The molecule has 0 amide bonds. The quantitative estimate of drug-likeness (QED) is 0.805. The first kappa shape index (κ1) is 10.5. The molecule has 4 heteroatoms. The van der Waals surface area contributed by atoms with Gasteiger partial charge in [-0.05, 0) is 17.7 Å². The lowest BCUT2D eigenvalue weighted by molar-refractivity contribution is -0.123. The molecule has 0 saturated heterocycles. The van der Waals surface area contributed by atoms with Crippen molar-refractivity contribution in [2.75, 3.05) is 6.54 Å². The van der Waals surface area contributed by atoms with Crippen molar-refractivity contribution < 1.29 is 13.2 Å². The minimum atomic E-state index is -2.65. The molecule has 0 aromatic heterocycles. The molecule has 0 bridgehead atoms.